The lowest BCUT2D eigenvalue weighted by atomic mass is 10.1. The summed E-state index contributed by atoms with van der Waals surface area (Å²) >= 11 is 1.52. The van der Waals surface area contributed by atoms with E-state index in [0.717, 1.165) is 35.3 Å². The van der Waals surface area contributed by atoms with Gasteiger partial charge in [0.15, 0.2) is 5.82 Å². The zero-order valence-corrected chi connectivity index (χ0v) is 14.1. The van der Waals surface area contributed by atoms with Gasteiger partial charge in [0.1, 0.15) is 17.2 Å². The van der Waals surface area contributed by atoms with E-state index in [0.29, 0.717) is 12.0 Å². The van der Waals surface area contributed by atoms with E-state index in [-0.39, 0.29) is 11.9 Å². The first-order valence-corrected chi connectivity index (χ1v) is 8.70. The molecule has 4 rings (SSSR count). The summed E-state index contributed by atoms with van der Waals surface area (Å²) in [5.74, 6) is 0.741. The van der Waals surface area contributed by atoms with E-state index >= 15 is 0 Å². The lowest BCUT2D eigenvalue weighted by Gasteiger charge is -2.22. The summed E-state index contributed by atoms with van der Waals surface area (Å²) in [5, 5.41) is 18.5. The summed E-state index contributed by atoms with van der Waals surface area (Å²) in [5.41, 5.74) is 0.645. The van der Waals surface area contributed by atoms with E-state index in [1.165, 1.54) is 17.4 Å². The lowest BCUT2D eigenvalue weighted by molar-refractivity contribution is 0.613. The molecule has 3 aromatic rings. The van der Waals surface area contributed by atoms with Crippen LogP contribution >= 0.6 is 11.3 Å². The van der Waals surface area contributed by atoms with Crippen molar-refractivity contribution in [2.24, 2.45) is 7.05 Å². The second-order valence-corrected chi connectivity index (χ2v) is 6.94. The molecule has 3 heterocycles. The SMILES string of the molecule is Cn1cnnc1C1CCCN1c1nnc(Cc2ccccc2F)s1. The monoisotopic (exact) mass is 344 g/mol. The van der Waals surface area contributed by atoms with E-state index < -0.39 is 0 Å². The van der Waals surface area contributed by atoms with E-state index in [4.69, 9.17) is 0 Å². The van der Waals surface area contributed by atoms with Crippen LogP contribution in [0.1, 0.15) is 35.3 Å². The van der Waals surface area contributed by atoms with Crippen molar-refractivity contribution in [3.63, 3.8) is 0 Å². The number of rotatable bonds is 4. The van der Waals surface area contributed by atoms with Crippen molar-refractivity contribution >= 4 is 16.5 Å². The number of nitrogens with zero attached hydrogens (tertiary/aromatic N) is 6. The second-order valence-electron chi connectivity index (χ2n) is 5.90. The predicted octanol–water partition coefficient (Wildman–Crippen LogP) is 2.74. The number of aryl methyl sites for hydroxylation is 1. The first-order valence-electron chi connectivity index (χ1n) is 7.88. The molecule has 0 amide bonds. The molecule has 24 heavy (non-hydrogen) atoms. The molecule has 0 saturated carbocycles. The van der Waals surface area contributed by atoms with Crippen molar-refractivity contribution in [3.8, 4) is 0 Å². The van der Waals surface area contributed by atoms with Gasteiger partial charge in [-0.1, -0.05) is 29.5 Å². The molecule has 8 heteroatoms. The smallest absolute Gasteiger partial charge is 0.208 e. The average molecular weight is 344 g/mol. The van der Waals surface area contributed by atoms with Crippen LogP contribution in [0.3, 0.4) is 0 Å². The van der Waals surface area contributed by atoms with Gasteiger partial charge in [-0.25, -0.2) is 4.39 Å². The zero-order valence-electron chi connectivity index (χ0n) is 13.3. The van der Waals surface area contributed by atoms with Gasteiger partial charge in [0, 0.05) is 20.0 Å². The van der Waals surface area contributed by atoms with Crippen LogP contribution in [-0.4, -0.2) is 31.5 Å². The summed E-state index contributed by atoms with van der Waals surface area (Å²) in [6.45, 7) is 0.922. The number of hydrogen-bond acceptors (Lipinski definition) is 6. The van der Waals surface area contributed by atoms with Crippen LogP contribution in [0.25, 0.3) is 0 Å². The minimum Gasteiger partial charge on any atom is -0.336 e. The summed E-state index contributed by atoms with van der Waals surface area (Å²) < 4.78 is 15.8. The normalized spacial score (nSPS) is 17.6. The van der Waals surface area contributed by atoms with Gasteiger partial charge in [0.25, 0.3) is 0 Å². The fraction of sp³-hybridized carbons (Fsp3) is 0.375. The molecule has 1 aromatic carbocycles. The molecule has 0 radical (unpaired) electrons. The van der Waals surface area contributed by atoms with Crippen molar-refractivity contribution in [3.05, 3.63) is 52.8 Å². The van der Waals surface area contributed by atoms with Crippen LogP contribution in [0.15, 0.2) is 30.6 Å². The maximum absolute atomic E-state index is 13.8. The fourth-order valence-corrected chi connectivity index (χ4v) is 4.03. The Bertz CT molecular complexity index is 844. The number of benzene rings is 1. The van der Waals surface area contributed by atoms with Crippen LogP contribution < -0.4 is 4.90 Å². The molecule has 1 unspecified atom stereocenters. The topological polar surface area (TPSA) is 59.7 Å². The molecule has 6 nitrogen and oxygen atoms in total. The molecular formula is C16H17FN6S. The molecule has 1 aliphatic rings. The van der Waals surface area contributed by atoms with Crippen molar-refractivity contribution in [2.75, 3.05) is 11.4 Å². The first-order chi connectivity index (χ1) is 11.7. The van der Waals surface area contributed by atoms with E-state index in [1.54, 1.807) is 18.5 Å². The third-order valence-electron chi connectivity index (χ3n) is 4.30. The molecular weight excluding hydrogens is 327 g/mol. The van der Waals surface area contributed by atoms with Gasteiger partial charge in [0.05, 0.1) is 6.04 Å². The maximum atomic E-state index is 13.8. The fourth-order valence-electron chi connectivity index (χ4n) is 3.09. The Morgan fingerprint density at radius 2 is 2.12 bits per heavy atom. The van der Waals surface area contributed by atoms with Gasteiger partial charge < -0.3 is 9.47 Å². The van der Waals surface area contributed by atoms with E-state index in [1.807, 2.05) is 17.7 Å². The largest absolute Gasteiger partial charge is 0.336 e. The Balaban J connectivity index is 1.56. The highest BCUT2D eigenvalue weighted by Gasteiger charge is 2.31. The highest BCUT2D eigenvalue weighted by Crippen LogP contribution is 2.36. The quantitative estimate of drug-likeness (QED) is 0.728. The molecule has 2 aromatic heterocycles. The van der Waals surface area contributed by atoms with Crippen LogP contribution in [0.4, 0.5) is 9.52 Å². The molecule has 1 saturated heterocycles. The number of anilines is 1. The maximum Gasteiger partial charge on any atom is 0.208 e. The van der Waals surface area contributed by atoms with Gasteiger partial charge >= 0.3 is 0 Å². The van der Waals surface area contributed by atoms with E-state index in [2.05, 4.69) is 25.3 Å². The van der Waals surface area contributed by atoms with Gasteiger partial charge in [-0.2, -0.15) is 0 Å². The molecule has 0 bridgehead atoms. The Morgan fingerprint density at radius 1 is 1.25 bits per heavy atom. The summed E-state index contributed by atoms with van der Waals surface area (Å²) in [4.78, 5) is 2.23. The van der Waals surface area contributed by atoms with Crippen LogP contribution in [0.5, 0.6) is 0 Å². The molecule has 1 fully saturated rings. The van der Waals surface area contributed by atoms with E-state index in [9.17, 15) is 4.39 Å². The van der Waals surface area contributed by atoms with Gasteiger partial charge in [0.2, 0.25) is 5.13 Å². The van der Waals surface area contributed by atoms with Gasteiger partial charge in [-0.3, -0.25) is 0 Å². The summed E-state index contributed by atoms with van der Waals surface area (Å²) in [6, 6.07) is 6.97. The number of aromatic nitrogens is 5. The predicted molar refractivity (Wildman–Crippen MR) is 89.4 cm³/mol. The minimum atomic E-state index is -0.201. The third kappa shape index (κ3) is 2.77. The van der Waals surface area contributed by atoms with Gasteiger partial charge in [-0.05, 0) is 24.5 Å². The Labute approximate surface area is 143 Å². The summed E-state index contributed by atoms with van der Waals surface area (Å²) in [7, 11) is 1.95. The highest BCUT2D eigenvalue weighted by molar-refractivity contribution is 7.15. The number of hydrogen-bond donors (Lipinski definition) is 0. The minimum absolute atomic E-state index is 0.173. The Kier molecular flexibility index (Phi) is 3.97. The molecule has 0 aliphatic carbocycles. The second kappa shape index (κ2) is 6.27. The lowest BCUT2D eigenvalue weighted by Crippen LogP contribution is -2.24. The van der Waals surface area contributed by atoms with Crippen LogP contribution in [0.2, 0.25) is 0 Å². The van der Waals surface area contributed by atoms with Crippen molar-refractivity contribution in [1.82, 2.24) is 25.0 Å². The number of halogens is 1. The molecule has 0 N–H and O–H groups in total. The highest BCUT2D eigenvalue weighted by atomic mass is 32.1. The van der Waals surface area contributed by atoms with Crippen molar-refractivity contribution < 1.29 is 4.39 Å². The average Bonchev–Trinajstić information content (AvgIpc) is 3.29. The molecule has 1 aliphatic heterocycles. The van der Waals surface area contributed by atoms with Gasteiger partial charge in [-0.15, -0.1) is 20.4 Å². The summed E-state index contributed by atoms with van der Waals surface area (Å²) in [6.07, 6.45) is 4.29. The molecule has 1 atom stereocenters. The first kappa shape index (κ1) is 15.2. The van der Waals surface area contributed by atoms with Crippen LogP contribution in [0, 0.1) is 5.82 Å². The van der Waals surface area contributed by atoms with Crippen molar-refractivity contribution in [2.45, 2.75) is 25.3 Å². The van der Waals surface area contributed by atoms with Crippen LogP contribution in [-0.2, 0) is 13.5 Å². The molecule has 124 valence electrons. The standard InChI is InChI=1S/C16H17FN6S/c1-22-10-18-20-15(22)13-7-4-8-23(13)16-21-19-14(24-16)9-11-5-2-3-6-12(11)17/h2-3,5-6,10,13H,4,7-9H2,1H3. The van der Waals surface area contributed by atoms with Crippen molar-refractivity contribution in [1.29, 1.82) is 0 Å². The third-order valence-corrected chi connectivity index (χ3v) is 5.26. The Hall–Kier alpha value is -2.35. The molecule has 0 spiro atoms. The zero-order chi connectivity index (χ0) is 16.5. The Morgan fingerprint density at radius 3 is 2.92 bits per heavy atom.